The number of ether oxygens (including phenoxy) is 1. The van der Waals surface area contributed by atoms with Crippen molar-refractivity contribution in [2.45, 2.75) is 18.7 Å². The molecule has 0 bridgehead atoms. The van der Waals surface area contributed by atoms with Crippen LogP contribution in [0.2, 0.25) is 0 Å². The highest BCUT2D eigenvalue weighted by Gasteiger charge is 2.61. The number of ketones is 1. The van der Waals surface area contributed by atoms with E-state index in [-0.39, 0.29) is 11.3 Å². The van der Waals surface area contributed by atoms with Gasteiger partial charge in [-0.2, -0.15) is 13.2 Å². The van der Waals surface area contributed by atoms with Gasteiger partial charge in [0.2, 0.25) is 5.78 Å². The van der Waals surface area contributed by atoms with E-state index in [2.05, 4.69) is 0 Å². The minimum absolute atomic E-state index is 0.208. The van der Waals surface area contributed by atoms with Crippen LogP contribution in [-0.4, -0.2) is 17.6 Å². The lowest BCUT2D eigenvalue weighted by Gasteiger charge is -2.26. The molecule has 0 radical (unpaired) electrons. The van der Waals surface area contributed by atoms with E-state index in [1.54, 1.807) is 0 Å². The Morgan fingerprint density at radius 3 is 2.17 bits per heavy atom. The van der Waals surface area contributed by atoms with Crippen molar-refractivity contribution in [3.05, 3.63) is 41.7 Å². The predicted octanol–water partition coefficient (Wildman–Crippen LogP) is 3.09. The SMILES string of the molecule is CC1(C(F)(F)F)OC(c2ccc(F)cc2)=CC1=O. The molecule has 1 aromatic carbocycles. The van der Waals surface area contributed by atoms with Crippen LogP contribution in [0.3, 0.4) is 0 Å². The Kier molecular flexibility index (Phi) is 2.68. The number of benzene rings is 1. The molecule has 0 saturated carbocycles. The molecule has 0 fully saturated rings. The molecule has 0 spiro atoms. The van der Waals surface area contributed by atoms with Gasteiger partial charge < -0.3 is 4.74 Å². The second-order valence-electron chi connectivity index (χ2n) is 4.01. The number of carbonyl (C=O) groups is 1. The standard InChI is InChI=1S/C12H8F4O2/c1-11(12(14,15)16)10(17)6-9(18-11)7-2-4-8(13)5-3-7/h2-6H,1H3. The summed E-state index contributed by atoms with van der Waals surface area (Å²) in [6.07, 6.45) is -4.02. The summed E-state index contributed by atoms with van der Waals surface area (Å²) >= 11 is 0. The third-order valence-electron chi connectivity index (χ3n) is 2.72. The Labute approximate surface area is 99.9 Å². The number of halogens is 4. The quantitative estimate of drug-likeness (QED) is 0.725. The number of hydrogen-bond donors (Lipinski definition) is 0. The summed E-state index contributed by atoms with van der Waals surface area (Å²) in [7, 11) is 0. The van der Waals surface area contributed by atoms with Crippen LogP contribution in [0.4, 0.5) is 17.6 Å². The molecule has 0 aromatic heterocycles. The molecule has 96 valence electrons. The zero-order chi connectivity index (χ0) is 13.6. The molecule has 1 aromatic rings. The third-order valence-corrected chi connectivity index (χ3v) is 2.72. The fourth-order valence-corrected chi connectivity index (χ4v) is 1.51. The summed E-state index contributed by atoms with van der Waals surface area (Å²) in [5, 5.41) is 0. The first-order chi connectivity index (χ1) is 8.24. The van der Waals surface area contributed by atoms with Crippen molar-refractivity contribution in [1.29, 1.82) is 0 Å². The van der Waals surface area contributed by atoms with Crippen molar-refractivity contribution in [3.63, 3.8) is 0 Å². The molecule has 0 amide bonds. The Hall–Kier alpha value is -1.85. The summed E-state index contributed by atoms with van der Waals surface area (Å²) in [5.41, 5.74) is -2.64. The van der Waals surface area contributed by atoms with Crippen molar-refractivity contribution < 1.29 is 27.1 Å². The van der Waals surface area contributed by atoms with Crippen molar-refractivity contribution in [2.24, 2.45) is 0 Å². The van der Waals surface area contributed by atoms with Crippen molar-refractivity contribution >= 4 is 11.5 Å². The third kappa shape index (κ3) is 1.87. The first-order valence-electron chi connectivity index (χ1n) is 5.02. The van der Waals surface area contributed by atoms with E-state index in [1.807, 2.05) is 0 Å². The smallest absolute Gasteiger partial charge is 0.435 e. The van der Waals surface area contributed by atoms with E-state index in [4.69, 9.17) is 4.74 Å². The van der Waals surface area contributed by atoms with Gasteiger partial charge in [-0.05, 0) is 31.2 Å². The Bertz CT molecular complexity index is 516. The molecule has 1 aliphatic heterocycles. The summed E-state index contributed by atoms with van der Waals surface area (Å²) in [6, 6.07) is 4.65. The number of hydrogen-bond acceptors (Lipinski definition) is 2. The van der Waals surface area contributed by atoms with Gasteiger partial charge in [0, 0.05) is 11.6 Å². The van der Waals surface area contributed by atoms with E-state index >= 15 is 0 Å². The van der Waals surface area contributed by atoms with Gasteiger partial charge in [0.25, 0.3) is 5.60 Å². The average molecular weight is 260 g/mol. The fourth-order valence-electron chi connectivity index (χ4n) is 1.51. The van der Waals surface area contributed by atoms with E-state index < -0.39 is 23.4 Å². The molecule has 0 N–H and O–H groups in total. The first-order valence-corrected chi connectivity index (χ1v) is 5.02. The Morgan fingerprint density at radius 1 is 1.17 bits per heavy atom. The normalized spacial score (nSPS) is 23.8. The van der Waals surface area contributed by atoms with Crippen molar-refractivity contribution in [3.8, 4) is 0 Å². The van der Waals surface area contributed by atoms with Crippen LogP contribution in [0.15, 0.2) is 30.3 Å². The summed E-state index contributed by atoms with van der Waals surface area (Å²) in [5.74, 6) is -1.91. The van der Waals surface area contributed by atoms with Gasteiger partial charge in [-0.1, -0.05) is 0 Å². The van der Waals surface area contributed by atoms with Crippen LogP contribution in [0.25, 0.3) is 5.76 Å². The molecular weight excluding hydrogens is 252 g/mol. The van der Waals surface area contributed by atoms with Crippen LogP contribution in [-0.2, 0) is 9.53 Å². The van der Waals surface area contributed by atoms with Gasteiger partial charge in [0.15, 0.2) is 0 Å². The average Bonchev–Trinajstić information content (AvgIpc) is 2.57. The maximum absolute atomic E-state index is 12.7. The summed E-state index contributed by atoms with van der Waals surface area (Å²) in [6.45, 7) is 0.669. The molecule has 2 rings (SSSR count). The van der Waals surface area contributed by atoms with Crippen LogP contribution >= 0.6 is 0 Å². The number of rotatable bonds is 1. The van der Waals surface area contributed by atoms with E-state index in [0.29, 0.717) is 6.92 Å². The Balaban J connectivity index is 2.33. The summed E-state index contributed by atoms with van der Waals surface area (Å²) < 4.78 is 55.5. The first kappa shape index (κ1) is 12.6. The van der Waals surface area contributed by atoms with Crippen LogP contribution in [0.1, 0.15) is 12.5 Å². The molecule has 0 saturated heterocycles. The maximum atomic E-state index is 12.7. The Morgan fingerprint density at radius 2 is 1.72 bits per heavy atom. The van der Waals surface area contributed by atoms with Gasteiger partial charge in [0.05, 0.1) is 0 Å². The summed E-state index contributed by atoms with van der Waals surface area (Å²) in [4.78, 5) is 11.4. The molecular formula is C12H8F4O2. The van der Waals surface area contributed by atoms with Gasteiger partial charge in [-0.3, -0.25) is 4.79 Å². The van der Waals surface area contributed by atoms with Gasteiger partial charge in [-0.25, -0.2) is 4.39 Å². The maximum Gasteiger partial charge on any atom is 0.435 e. The second-order valence-corrected chi connectivity index (χ2v) is 4.01. The van der Waals surface area contributed by atoms with Gasteiger partial charge >= 0.3 is 6.18 Å². The zero-order valence-corrected chi connectivity index (χ0v) is 9.22. The molecule has 6 heteroatoms. The second kappa shape index (κ2) is 3.83. The lowest BCUT2D eigenvalue weighted by Crippen LogP contribution is -2.47. The van der Waals surface area contributed by atoms with Crippen molar-refractivity contribution in [1.82, 2.24) is 0 Å². The largest absolute Gasteiger partial charge is 0.469 e. The van der Waals surface area contributed by atoms with Crippen molar-refractivity contribution in [2.75, 3.05) is 0 Å². The minimum Gasteiger partial charge on any atom is -0.469 e. The molecule has 2 nitrogen and oxygen atoms in total. The zero-order valence-electron chi connectivity index (χ0n) is 9.22. The highest BCUT2D eigenvalue weighted by atomic mass is 19.4. The topological polar surface area (TPSA) is 26.3 Å². The lowest BCUT2D eigenvalue weighted by atomic mass is 10.0. The molecule has 1 atom stereocenters. The highest BCUT2D eigenvalue weighted by molar-refractivity contribution is 6.05. The van der Waals surface area contributed by atoms with Crippen LogP contribution < -0.4 is 0 Å². The molecule has 1 aliphatic rings. The van der Waals surface area contributed by atoms with Crippen LogP contribution in [0.5, 0.6) is 0 Å². The fraction of sp³-hybridized carbons (Fsp3) is 0.250. The minimum atomic E-state index is -4.80. The molecule has 18 heavy (non-hydrogen) atoms. The number of carbonyl (C=O) groups excluding carboxylic acids is 1. The van der Waals surface area contributed by atoms with Gasteiger partial charge in [0.1, 0.15) is 11.6 Å². The lowest BCUT2D eigenvalue weighted by molar-refractivity contribution is -0.236. The van der Waals surface area contributed by atoms with E-state index in [0.717, 1.165) is 18.2 Å². The predicted molar refractivity (Wildman–Crippen MR) is 54.9 cm³/mol. The monoisotopic (exact) mass is 260 g/mol. The molecule has 1 heterocycles. The van der Waals surface area contributed by atoms with E-state index in [1.165, 1.54) is 12.1 Å². The van der Waals surface area contributed by atoms with Crippen LogP contribution in [0, 0.1) is 5.82 Å². The highest BCUT2D eigenvalue weighted by Crippen LogP contribution is 2.42. The molecule has 1 unspecified atom stereocenters. The van der Waals surface area contributed by atoms with E-state index in [9.17, 15) is 22.4 Å². The molecule has 0 aliphatic carbocycles. The van der Waals surface area contributed by atoms with Gasteiger partial charge in [-0.15, -0.1) is 0 Å². The number of alkyl halides is 3.